The zero-order valence-corrected chi connectivity index (χ0v) is 14.6. The summed E-state index contributed by atoms with van der Waals surface area (Å²) < 4.78 is 4.69. The summed E-state index contributed by atoms with van der Waals surface area (Å²) in [5.41, 5.74) is 0.835. The van der Waals surface area contributed by atoms with Crippen LogP contribution in [0, 0.1) is 6.92 Å². The molecular weight excluding hydrogens is 286 g/mol. The van der Waals surface area contributed by atoms with Gasteiger partial charge in [-0.05, 0) is 13.3 Å². The highest BCUT2D eigenvalue weighted by atomic mass is 32.2. The summed E-state index contributed by atoms with van der Waals surface area (Å²) >= 11 is 1.39. The number of carbonyl (C=O) groups excluding carboxylic acids is 1. The summed E-state index contributed by atoms with van der Waals surface area (Å²) in [6.07, 6.45) is 1.03. The molecule has 1 rings (SSSR count). The number of esters is 1. The van der Waals surface area contributed by atoms with Gasteiger partial charge in [0, 0.05) is 17.5 Å². The van der Waals surface area contributed by atoms with Crippen LogP contribution in [0.1, 0.15) is 45.5 Å². The molecule has 5 nitrogen and oxygen atoms in total. The van der Waals surface area contributed by atoms with Gasteiger partial charge in [-0.25, -0.2) is 9.97 Å². The zero-order valence-electron chi connectivity index (χ0n) is 13.7. The third kappa shape index (κ3) is 5.19. The second-order valence-electron chi connectivity index (χ2n) is 5.87. The Morgan fingerprint density at radius 2 is 2.00 bits per heavy atom. The summed E-state index contributed by atoms with van der Waals surface area (Å²) in [5.74, 6) is 1.63. The minimum Gasteiger partial charge on any atom is -0.468 e. The van der Waals surface area contributed by atoms with Gasteiger partial charge in [-0.2, -0.15) is 0 Å². The number of rotatable bonds is 6. The Balaban J connectivity index is 3.11. The number of hydrogen-bond acceptors (Lipinski definition) is 6. The molecule has 0 amide bonds. The molecule has 6 heteroatoms. The topological polar surface area (TPSA) is 64.1 Å². The molecule has 0 saturated heterocycles. The van der Waals surface area contributed by atoms with Crippen molar-refractivity contribution in [1.29, 1.82) is 0 Å². The Hall–Kier alpha value is -1.30. The first kappa shape index (κ1) is 17.8. The lowest BCUT2D eigenvalue weighted by atomic mass is 9.95. The average molecular weight is 311 g/mol. The smallest absolute Gasteiger partial charge is 0.316 e. The van der Waals surface area contributed by atoms with E-state index in [0.717, 1.165) is 35.2 Å². The van der Waals surface area contributed by atoms with Crippen LogP contribution in [0.4, 0.5) is 5.82 Å². The van der Waals surface area contributed by atoms with Gasteiger partial charge >= 0.3 is 5.97 Å². The average Bonchev–Trinajstić information content (AvgIpc) is 2.43. The number of carbonyl (C=O) groups is 1. The summed E-state index contributed by atoms with van der Waals surface area (Å²) in [4.78, 5) is 20.6. The SMILES string of the molecule is CCCNc1nc(C(C)(C)C)nc(SCC(=O)OC)c1C. The zero-order chi connectivity index (χ0) is 16.0. The molecule has 1 aromatic rings. The fraction of sp³-hybridized carbons (Fsp3) is 0.667. The van der Waals surface area contributed by atoms with Crippen molar-refractivity contribution in [3.8, 4) is 0 Å². The van der Waals surface area contributed by atoms with Gasteiger partial charge in [-0.15, -0.1) is 0 Å². The molecule has 0 radical (unpaired) electrons. The molecule has 1 N–H and O–H groups in total. The first-order chi connectivity index (χ1) is 9.79. The Labute approximate surface area is 131 Å². The van der Waals surface area contributed by atoms with E-state index in [0.29, 0.717) is 0 Å². The molecule has 0 atom stereocenters. The van der Waals surface area contributed by atoms with Crippen LogP contribution in [0.5, 0.6) is 0 Å². The summed E-state index contributed by atoms with van der Waals surface area (Å²) in [6.45, 7) is 11.2. The van der Waals surface area contributed by atoms with E-state index >= 15 is 0 Å². The number of anilines is 1. The van der Waals surface area contributed by atoms with Crippen LogP contribution >= 0.6 is 11.8 Å². The number of methoxy groups -OCH3 is 1. The van der Waals surface area contributed by atoms with Crippen molar-refractivity contribution < 1.29 is 9.53 Å². The molecule has 0 saturated carbocycles. The largest absolute Gasteiger partial charge is 0.468 e. The number of nitrogens with one attached hydrogen (secondary N) is 1. The first-order valence-corrected chi connectivity index (χ1v) is 8.10. The van der Waals surface area contributed by atoms with Crippen LogP contribution in [0.15, 0.2) is 5.03 Å². The van der Waals surface area contributed by atoms with Crippen LogP contribution in [-0.2, 0) is 14.9 Å². The van der Waals surface area contributed by atoms with E-state index in [2.05, 4.69) is 47.7 Å². The van der Waals surface area contributed by atoms with E-state index in [4.69, 9.17) is 0 Å². The van der Waals surface area contributed by atoms with Crippen molar-refractivity contribution in [2.45, 2.75) is 51.5 Å². The molecule has 0 unspecified atom stereocenters. The Morgan fingerprint density at radius 1 is 1.33 bits per heavy atom. The van der Waals surface area contributed by atoms with E-state index in [1.165, 1.54) is 18.9 Å². The van der Waals surface area contributed by atoms with Crippen molar-refractivity contribution in [1.82, 2.24) is 9.97 Å². The lowest BCUT2D eigenvalue weighted by molar-refractivity contribution is -0.137. The predicted octanol–water partition coefficient (Wildman–Crippen LogP) is 3.17. The summed E-state index contributed by atoms with van der Waals surface area (Å²) in [5, 5.41) is 4.17. The number of ether oxygens (including phenoxy) is 1. The summed E-state index contributed by atoms with van der Waals surface area (Å²) in [6, 6.07) is 0. The van der Waals surface area contributed by atoms with Crippen LogP contribution in [0.2, 0.25) is 0 Å². The quantitative estimate of drug-likeness (QED) is 0.494. The van der Waals surface area contributed by atoms with Crippen LogP contribution in [-0.4, -0.2) is 35.3 Å². The van der Waals surface area contributed by atoms with Crippen LogP contribution in [0.25, 0.3) is 0 Å². The molecule has 0 spiro atoms. The van der Waals surface area contributed by atoms with Gasteiger partial charge in [0.2, 0.25) is 0 Å². The van der Waals surface area contributed by atoms with Gasteiger partial charge in [0.05, 0.1) is 12.9 Å². The highest BCUT2D eigenvalue weighted by Crippen LogP contribution is 2.29. The molecule has 0 aliphatic rings. The van der Waals surface area contributed by atoms with E-state index in [1.807, 2.05) is 6.92 Å². The molecule has 1 aromatic heterocycles. The maximum atomic E-state index is 11.3. The van der Waals surface area contributed by atoms with Crippen molar-refractivity contribution in [3.05, 3.63) is 11.4 Å². The molecule has 21 heavy (non-hydrogen) atoms. The van der Waals surface area contributed by atoms with Crippen molar-refractivity contribution in [2.24, 2.45) is 0 Å². The molecule has 0 aromatic carbocycles. The van der Waals surface area contributed by atoms with Crippen molar-refractivity contribution in [2.75, 3.05) is 24.7 Å². The molecule has 0 fully saturated rings. The monoisotopic (exact) mass is 311 g/mol. The lowest BCUT2D eigenvalue weighted by Crippen LogP contribution is -2.19. The van der Waals surface area contributed by atoms with E-state index in [9.17, 15) is 4.79 Å². The Morgan fingerprint density at radius 3 is 2.52 bits per heavy atom. The van der Waals surface area contributed by atoms with Crippen molar-refractivity contribution in [3.63, 3.8) is 0 Å². The molecule has 0 aliphatic heterocycles. The predicted molar refractivity (Wildman–Crippen MR) is 87.0 cm³/mol. The van der Waals surface area contributed by atoms with E-state index < -0.39 is 0 Å². The van der Waals surface area contributed by atoms with Gasteiger partial charge in [0.1, 0.15) is 16.7 Å². The number of nitrogens with zero attached hydrogens (tertiary/aromatic N) is 2. The highest BCUT2D eigenvalue weighted by molar-refractivity contribution is 7.99. The number of hydrogen-bond donors (Lipinski definition) is 1. The van der Waals surface area contributed by atoms with E-state index in [-0.39, 0.29) is 17.1 Å². The Kier molecular flexibility index (Phi) is 6.45. The van der Waals surface area contributed by atoms with Gasteiger partial charge < -0.3 is 10.1 Å². The summed E-state index contributed by atoms with van der Waals surface area (Å²) in [7, 11) is 1.39. The lowest BCUT2D eigenvalue weighted by Gasteiger charge is -2.20. The second-order valence-corrected chi connectivity index (χ2v) is 6.83. The van der Waals surface area contributed by atoms with Crippen LogP contribution < -0.4 is 5.32 Å². The maximum absolute atomic E-state index is 11.3. The van der Waals surface area contributed by atoms with E-state index in [1.54, 1.807) is 0 Å². The first-order valence-electron chi connectivity index (χ1n) is 7.12. The molecule has 0 aliphatic carbocycles. The molecule has 118 valence electrons. The van der Waals surface area contributed by atoms with Gasteiger partial charge in [0.15, 0.2) is 0 Å². The fourth-order valence-electron chi connectivity index (χ4n) is 1.57. The number of thioether (sulfide) groups is 1. The fourth-order valence-corrected chi connectivity index (χ4v) is 2.41. The maximum Gasteiger partial charge on any atom is 0.316 e. The second kappa shape index (κ2) is 7.64. The normalized spacial score (nSPS) is 11.3. The Bertz CT molecular complexity index is 498. The van der Waals surface area contributed by atoms with Gasteiger partial charge in [-0.1, -0.05) is 39.5 Å². The molecular formula is C15H25N3O2S. The third-order valence-corrected chi connectivity index (χ3v) is 3.92. The highest BCUT2D eigenvalue weighted by Gasteiger charge is 2.21. The van der Waals surface area contributed by atoms with Crippen molar-refractivity contribution >= 4 is 23.5 Å². The number of aromatic nitrogens is 2. The van der Waals surface area contributed by atoms with Crippen LogP contribution in [0.3, 0.4) is 0 Å². The van der Waals surface area contributed by atoms with Gasteiger partial charge in [0.25, 0.3) is 0 Å². The molecule has 0 bridgehead atoms. The minimum absolute atomic E-state index is 0.142. The third-order valence-electron chi connectivity index (χ3n) is 2.87. The minimum atomic E-state index is -0.251. The standard InChI is InChI=1S/C15H25N3O2S/c1-7-8-16-12-10(2)13(21-9-11(19)20-6)18-14(17-12)15(3,4)5/h7-9H2,1-6H3,(H,16,17,18). The van der Waals surface area contributed by atoms with Gasteiger partial charge in [-0.3, -0.25) is 4.79 Å². The molecule has 1 heterocycles.